The summed E-state index contributed by atoms with van der Waals surface area (Å²) in [5.74, 6) is 0.859. The molecular formula is C20H20ClN3O2. The highest BCUT2D eigenvalue weighted by molar-refractivity contribution is 6.30. The highest BCUT2D eigenvalue weighted by Gasteiger charge is 2.53. The molecule has 2 aliphatic heterocycles. The first-order valence-electron chi connectivity index (χ1n) is 9.03. The van der Waals surface area contributed by atoms with E-state index in [9.17, 15) is 4.79 Å². The molecule has 1 amide bonds. The summed E-state index contributed by atoms with van der Waals surface area (Å²) in [5.41, 5.74) is 3.24. The van der Waals surface area contributed by atoms with Gasteiger partial charge in [0.1, 0.15) is 5.82 Å². The summed E-state index contributed by atoms with van der Waals surface area (Å²) in [5, 5.41) is 4.25. The van der Waals surface area contributed by atoms with Crippen LogP contribution in [0.15, 0.2) is 36.5 Å². The zero-order valence-electron chi connectivity index (χ0n) is 14.4. The number of pyridine rings is 1. The lowest BCUT2D eigenvalue weighted by molar-refractivity contribution is -0.172. The van der Waals surface area contributed by atoms with Gasteiger partial charge in [0.25, 0.3) is 5.91 Å². The van der Waals surface area contributed by atoms with Crippen molar-refractivity contribution in [1.82, 2.24) is 9.88 Å². The van der Waals surface area contributed by atoms with Gasteiger partial charge in [0, 0.05) is 23.8 Å². The standard InChI is InChI=1S/C20H20ClN3O2/c21-16-3-1-13-8-17(9-15(13)7-16)23-18-4-2-14(10-22-18)19(25)24-6-5-20(24)11-26-12-20/h1-4,7,10,17H,5-6,8-9,11-12H2,(H,22,23). The third-order valence-electron chi connectivity index (χ3n) is 5.82. The molecule has 0 radical (unpaired) electrons. The molecular weight excluding hydrogens is 350 g/mol. The maximum Gasteiger partial charge on any atom is 0.256 e. The number of nitrogens with zero attached hydrogens (tertiary/aromatic N) is 2. The number of halogens is 1. The molecule has 134 valence electrons. The van der Waals surface area contributed by atoms with E-state index in [4.69, 9.17) is 16.3 Å². The Balaban J connectivity index is 1.24. The molecule has 1 aromatic heterocycles. The van der Waals surface area contributed by atoms with Crippen LogP contribution < -0.4 is 5.32 Å². The number of likely N-dealkylation sites (tertiary alicyclic amines) is 1. The number of benzene rings is 1. The van der Waals surface area contributed by atoms with Crippen molar-refractivity contribution in [3.63, 3.8) is 0 Å². The SMILES string of the molecule is O=C(c1ccc(NC2Cc3ccc(Cl)cc3C2)nc1)N1CCC12COC2. The Kier molecular flexibility index (Phi) is 3.69. The highest BCUT2D eigenvalue weighted by atomic mass is 35.5. The molecule has 1 atom stereocenters. The van der Waals surface area contributed by atoms with Gasteiger partial charge in [0.15, 0.2) is 0 Å². The first kappa shape index (κ1) is 16.1. The third kappa shape index (κ3) is 2.58. The van der Waals surface area contributed by atoms with Crippen molar-refractivity contribution in [2.75, 3.05) is 25.1 Å². The van der Waals surface area contributed by atoms with Crippen molar-refractivity contribution in [3.8, 4) is 0 Å². The summed E-state index contributed by atoms with van der Waals surface area (Å²) in [6.07, 6.45) is 4.62. The van der Waals surface area contributed by atoms with Crippen LogP contribution in [0.25, 0.3) is 0 Å². The summed E-state index contributed by atoms with van der Waals surface area (Å²) in [6.45, 7) is 2.14. The monoisotopic (exact) mass is 369 g/mol. The summed E-state index contributed by atoms with van der Waals surface area (Å²) >= 11 is 6.08. The molecule has 2 aromatic rings. The second kappa shape index (κ2) is 5.96. The predicted molar refractivity (Wildman–Crippen MR) is 99.7 cm³/mol. The fraction of sp³-hybridized carbons (Fsp3) is 0.400. The number of fused-ring (bicyclic) bond motifs is 1. The van der Waals surface area contributed by atoms with Gasteiger partial charge in [-0.25, -0.2) is 4.98 Å². The smallest absolute Gasteiger partial charge is 0.256 e. The first-order valence-corrected chi connectivity index (χ1v) is 9.40. The number of nitrogens with one attached hydrogen (secondary N) is 1. The number of hydrogen-bond acceptors (Lipinski definition) is 4. The molecule has 6 heteroatoms. The van der Waals surface area contributed by atoms with Crippen LogP contribution in [0.2, 0.25) is 5.02 Å². The van der Waals surface area contributed by atoms with Gasteiger partial charge in [0.2, 0.25) is 0 Å². The first-order chi connectivity index (χ1) is 12.6. The highest BCUT2D eigenvalue weighted by Crippen LogP contribution is 2.38. The fourth-order valence-corrected chi connectivity index (χ4v) is 4.35. The maximum absolute atomic E-state index is 12.7. The van der Waals surface area contributed by atoms with E-state index in [0.29, 0.717) is 24.8 Å². The van der Waals surface area contributed by atoms with Crippen molar-refractivity contribution in [3.05, 3.63) is 58.2 Å². The van der Waals surface area contributed by atoms with Crippen molar-refractivity contribution >= 4 is 23.3 Å². The largest absolute Gasteiger partial charge is 0.376 e. The number of carbonyl (C=O) groups is 1. The fourth-order valence-electron chi connectivity index (χ4n) is 4.15. The summed E-state index contributed by atoms with van der Waals surface area (Å²) in [7, 11) is 0. The average molecular weight is 370 g/mol. The van der Waals surface area contributed by atoms with Crippen LogP contribution in [0.5, 0.6) is 0 Å². The van der Waals surface area contributed by atoms with Crippen LogP contribution in [0, 0.1) is 0 Å². The lowest BCUT2D eigenvalue weighted by Gasteiger charge is -2.57. The molecule has 3 aliphatic rings. The molecule has 2 saturated heterocycles. The Hall–Kier alpha value is -2.11. The van der Waals surface area contributed by atoms with Crippen LogP contribution in [0.1, 0.15) is 27.9 Å². The maximum atomic E-state index is 12.7. The molecule has 5 rings (SSSR count). The van der Waals surface area contributed by atoms with Gasteiger partial charge >= 0.3 is 0 Å². The molecule has 1 spiro atoms. The van der Waals surface area contributed by atoms with Gasteiger partial charge in [-0.05, 0) is 54.7 Å². The zero-order valence-corrected chi connectivity index (χ0v) is 15.1. The number of carbonyl (C=O) groups excluding carboxylic acids is 1. The quantitative estimate of drug-likeness (QED) is 0.903. The minimum atomic E-state index is -0.0368. The number of ether oxygens (including phenoxy) is 1. The second-order valence-corrected chi connectivity index (χ2v) is 7.96. The Morgan fingerprint density at radius 2 is 2.08 bits per heavy atom. The minimum Gasteiger partial charge on any atom is -0.376 e. The Morgan fingerprint density at radius 1 is 1.23 bits per heavy atom. The van der Waals surface area contributed by atoms with Crippen molar-refractivity contribution < 1.29 is 9.53 Å². The van der Waals surface area contributed by atoms with E-state index in [1.807, 2.05) is 29.2 Å². The van der Waals surface area contributed by atoms with Gasteiger partial charge in [0.05, 0.1) is 24.3 Å². The van der Waals surface area contributed by atoms with Gasteiger partial charge in [-0.15, -0.1) is 0 Å². The molecule has 1 unspecified atom stereocenters. The molecule has 1 aliphatic carbocycles. The summed E-state index contributed by atoms with van der Waals surface area (Å²) in [4.78, 5) is 19.1. The van der Waals surface area contributed by atoms with E-state index < -0.39 is 0 Å². The number of rotatable bonds is 3. The van der Waals surface area contributed by atoms with E-state index >= 15 is 0 Å². The second-order valence-electron chi connectivity index (χ2n) is 7.52. The number of hydrogen-bond donors (Lipinski definition) is 1. The average Bonchev–Trinajstić information content (AvgIpc) is 2.94. The van der Waals surface area contributed by atoms with E-state index in [-0.39, 0.29) is 11.4 Å². The van der Waals surface area contributed by atoms with Crippen molar-refractivity contribution in [2.24, 2.45) is 0 Å². The minimum absolute atomic E-state index is 0.0368. The van der Waals surface area contributed by atoms with Gasteiger partial charge < -0.3 is 15.0 Å². The van der Waals surface area contributed by atoms with Crippen LogP contribution >= 0.6 is 11.6 Å². The Labute approximate surface area is 157 Å². The van der Waals surface area contributed by atoms with E-state index in [2.05, 4.69) is 16.4 Å². The predicted octanol–water partition coefficient (Wildman–Crippen LogP) is 2.93. The van der Waals surface area contributed by atoms with Gasteiger partial charge in [-0.2, -0.15) is 0 Å². The summed E-state index contributed by atoms with van der Waals surface area (Å²) in [6, 6.07) is 10.2. The summed E-state index contributed by atoms with van der Waals surface area (Å²) < 4.78 is 5.30. The molecule has 26 heavy (non-hydrogen) atoms. The number of amides is 1. The van der Waals surface area contributed by atoms with E-state index in [0.717, 1.165) is 36.6 Å². The van der Waals surface area contributed by atoms with Crippen molar-refractivity contribution in [1.29, 1.82) is 0 Å². The molecule has 3 heterocycles. The molecule has 1 aromatic carbocycles. The van der Waals surface area contributed by atoms with Crippen LogP contribution in [0.4, 0.5) is 5.82 Å². The van der Waals surface area contributed by atoms with Gasteiger partial charge in [-0.1, -0.05) is 17.7 Å². The van der Waals surface area contributed by atoms with Gasteiger partial charge in [-0.3, -0.25) is 4.79 Å². The number of aromatic nitrogens is 1. The molecule has 5 nitrogen and oxygen atoms in total. The molecule has 2 fully saturated rings. The normalized spacial score (nSPS) is 22.5. The van der Waals surface area contributed by atoms with Crippen molar-refractivity contribution in [2.45, 2.75) is 30.8 Å². The molecule has 1 N–H and O–H groups in total. The van der Waals surface area contributed by atoms with E-state index in [1.165, 1.54) is 11.1 Å². The zero-order chi connectivity index (χ0) is 17.7. The molecule has 0 bridgehead atoms. The van der Waals surface area contributed by atoms with Crippen LogP contribution in [-0.2, 0) is 17.6 Å². The van der Waals surface area contributed by atoms with E-state index in [1.54, 1.807) is 6.20 Å². The Bertz CT molecular complexity index is 858. The lowest BCUT2D eigenvalue weighted by atomic mass is 9.82. The third-order valence-corrected chi connectivity index (χ3v) is 6.06. The van der Waals surface area contributed by atoms with Crippen LogP contribution in [-0.4, -0.2) is 47.1 Å². The number of anilines is 1. The molecule has 0 saturated carbocycles. The lowest BCUT2D eigenvalue weighted by Crippen LogP contribution is -2.72. The van der Waals surface area contributed by atoms with Crippen LogP contribution in [0.3, 0.4) is 0 Å². The topological polar surface area (TPSA) is 54.5 Å². The Morgan fingerprint density at radius 3 is 2.73 bits per heavy atom.